The molecule has 0 spiro atoms. The molecule has 150 valence electrons. The van der Waals surface area contributed by atoms with Gasteiger partial charge in [0.25, 0.3) is 5.89 Å². The second-order valence-corrected chi connectivity index (χ2v) is 7.26. The van der Waals surface area contributed by atoms with Crippen LogP contribution < -0.4 is 0 Å². The average Bonchev–Trinajstić information content (AvgIpc) is 3.23. The number of carbonyl (C=O) groups is 1. The maximum absolute atomic E-state index is 13.1. The van der Waals surface area contributed by atoms with Gasteiger partial charge in [-0.15, -0.1) is 0 Å². The van der Waals surface area contributed by atoms with Gasteiger partial charge in [0.15, 0.2) is 5.82 Å². The third-order valence-corrected chi connectivity index (χ3v) is 5.28. The molecule has 1 amide bonds. The summed E-state index contributed by atoms with van der Waals surface area (Å²) in [6, 6.07) is 15.8. The predicted molar refractivity (Wildman–Crippen MR) is 106 cm³/mol. The lowest BCUT2D eigenvalue weighted by Gasteiger charge is -2.35. The first-order valence-electron chi connectivity index (χ1n) is 9.75. The first-order valence-corrected chi connectivity index (χ1v) is 9.75. The fourth-order valence-electron chi connectivity index (χ4n) is 3.51. The van der Waals surface area contributed by atoms with Crippen LogP contribution in [0.15, 0.2) is 59.1 Å². The van der Waals surface area contributed by atoms with Crippen LogP contribution in [0, 0.1) is 5.82 Å². The van der Waals surface area contributed by atoms with E-state index in [4.69, 9.17) is 4.52 Å². The van der Waals surface area contributed by atoms with Gasteiger partial charge >= 0.3 is 0 Å². The van der Waals surface area contributed by atoms with Crippen LogP contribution in [0.1, 0.15) is 24.2 Å². The van der Waals surface area contributed by atoms with Crippen LogP contribution in [0.25, 0.3) is 11.5 Å². The normalized spacial score (nSPS) is 16.0. The standard InChI is InChI=1S/C22H23FN4O2/c1-16(17-5-3-2-4-6-17)22(28)27-13-11-26(12-14-27)15-20-24-21(29-25-20)18-7-9-19(23)10-8-18/h2-10,16H,11-15H2,1H3/t16-/m0/s1. The van der Waals surface area contributed by atoms with Gasteiger partial charge < -0.3 is 9.42 Å². The lowest BCUT2D eigenvalue weighted by molar-refractivity contribution is -0.134. The van der Waals surface area contributed by atoms with Gasteiger partial charge in [-0.1, -0.05) is 35.5 Å². The number of piperazine rings is 1. The minimum absolute atomic E-state index is 0.141. The van der Waals surface area contributed by atoms with Crippen molar-refractivity contribution in [1.82, 2.24) is 19.9 Å². The van der Waals surface area contributed by atoms with Crippen molar-refractivity contribution < 1.29 is 13.7 Å². The van der Waals surface area contributed by atoms with E-state index in [9.17, 15) is 9.18 Å². The maximum Gasteiger partial charge on any atom is 0.257 e. The van der Waals surface area contributed by atoms with Gasteiger partial charge in [-0.3, -0.25) is 9.69 Å². The molecule has 4 rings (SSSR count). The van der Waals surface area contributed by atoms with Crippen molar-refractivity contribution in [2.45, 2.75) is 19.4 Å². The number of halogens is 1. The first kappa shape index (κ1) is 19.3. The van der Waals surface area contributed by atoms with Gasteiger partial charge in [-0.2, -0.15) is 4.98 Å². The van der Waals surface area contributed by atoms with Crippen molar-refractivity contribution in [1.29, 1.82) is 0 Å². The summed E-state index contributed by atoms with van der Waals surface area (Å²) in [5.74, 6) is 0.682. The predicted octanol–water partition coefficient (Wildman–Crippen LogP) is 3.32. The molecule has 29 heavy (non-hydrogen) atoms. The third kappa shape index (κ3) is 4.51. The lowest BCUT2D eigenvalue weighted by Crippen LogP contribution is -2.49. The van der Waals surface area contributed by atoms with Gasteiger partial charge in [-0.25, -0.2) is 4.39 Å². The Labute approximate surface area is 168 Å². The van der Waals surface area contributed by atoms with Gasteiger partial charge in [0.05, 0.1) is 12.5 Å². The summed E-state index contributed by atoms with van der Waals surface area (Å²) in [6.45, 7) is 5.39. The molecule has 0 aliphatic carbocycles. The number of rotatable bonds is 5. The smallest absolute Gasteiger partial charge is 0.257 e. The van der Waals surface area contributed by atoms with Crippen LogP contribution in [0.2, 0.25) is 0 Å². The second kappa shape index (κ2) is 8.53. The van der Waals surface area contributed by atoms with Crippen LogP contribution in [0.3, 0.4) is 0 Å². The minimum Gasteiger partial charge on any atom is -0.340 e. The monoisotopic (exact) mass is 394 g/mol. The van der Waals surface area contributed by atoms with E-state index in [1.807, 2.05) is 42.2 Å². The number of hydrogen-bond donors (Lipinski definition) is 0. The van der Waals surface area contributed by atoms with Crippen molar-refractivity contribution in [3.8, 4) is 11.5 Å². The fourth-order valence-corrected chi connectivity index (χ4v) is 3.51. The Hall–Kier alpha value is -3.06. The summed E-state index contributed by atoms with van der Waals surface area (Å²) in [4.78, 5) is 21.3. The lowest BCUT2D eigenvalue weighted by atomic mass is 9.99. The van der Waals surface area contributed by atoms with Gasteiger partial charge in [0, 0.05) is 31.7 Å². The van der Waals surface area contributed by atoms with E-state index in [2.05, 4.69) is 15.0 Å². The molecule has 6 nitrogen and oxygen atoms in total. The van der Waals surface area contributed by atoms with Crippen LogP contribution >= 0.6 is 0 Å². The summed E-state index contributed by atoms with van der Waals surface area (Å²) < 4.78 is 18.3. The van der Waals surface area contributed by atoms with E-state index in [1.54, 1.807) is 12.1 Å². The molecular weight excluding hydrogens is 371 g/mol. The molecule has 0 radical (unpaired) electrons. The van der Waals surface area contributed by atoms with E-state index >= 15 is 0 Å². The van der Waals surface area contributed by atoms with E-state index < -0.39 is 0 Å². The Morgan fingerprint density at radius 2 is 1.76 bits per heavy atom. The van der Waals surface area contributed by atoms with E-state index in [0.717, 1.165) is 18.7 Å². The summed E-state index contributed by atoms with van der Waals surface area (Å²) in [5.41, 5.74) is 1.73. The quantitative estimate of drug-likeness (QED) is 0.664. The topological polar surface area (TPSA) is 62.5 Å². The Bertz CT molecular complexity index is 950. The van der Waals surface area contributed by atoms with Crippen molar-refractivity contribution in [3.63, 3.8) is 0 Å². The van der Waals surface area contributed by atoms with Gasteiger partial charge in [0.1, 0.15) is 5.82 Å². The zero-order valence-electron chi connectivity index (χ0n) is 16.3. The molecule has 7 heteroatoms. The van der Waals surface area contributed by atoms with Crippen LogP contribution in [-0.4, -0.2) is 52.0 Å². The summed E-state index contributed by atoms with van der Waals surface area (Å²) in [6.07, 6.45) is 0. The largest absolute Gasteiger partial charge is 0.340 e. The molecule has 2 aromatic carbocycles. The van der Waals surface area contributed by atoms with Crippen LogP contribution in [0.4, 0.5) is 4.39 Å². The van der Waals surface area contributed by atoms with Crippen molar-refractivity contribution in [2.75, 3.05) is 26.2 Å². The minimum atomic E-state index is -0.303. The SMILES string of the molecule is C[C@H](C(=O)N1CCN(Cc2noc(-c3ccc(F)cc3)n2)CC1)c1ccccc1. The molecule has 0 bridgehead atoms. The highest BCUT2D eigenvalue weighted by Crippen LogP contribution is 2.20. The number of hydrogen-bond acceptors (Lipinski definition) is 5. The summed E-state index contributed by atoms with van der Waals surface area (Å²) >= 11 is 0. The van der Waals surface area contributed by atoms with Gasteiger partial charge in [0.2, 0.25) is 5.91 Å². The summed E-state index contributed by atoms with van der Waals surface area (Å²) in [5, 5.41) is 4.03. The average molecular weight is 394 g/mol. The number of benzene rings is 2. The molecule has 1 saturated heterocycles. The molecule has 0 N–H and O–H groups in total. The zero-order chi connectivity index (χ0) is 20.2. The van der Waals surface area contributed by atoms with Crippen molar-refractivity contribution in [3.05, 3.63) is 71.8 Å². The molecule has 0 unspecified atom stereocenters. The third-order valence-electron chi connectivity index (χ3n) is 5.28. The number of nitrogens with zero attached hydrogens (tertiary/aromatic N) is 4. The zero-order valence-corrected chi connectivity index (χ0v) is 16.3. The number of carbonyl (C=O) groups excluding carboxylic acids is 1. The highest BCUT2D eigenvalue weighted by atomic mass is 19.1. The molecule has 1 aromatic heterocycles. The molecule has 3 aromatic rings. The van der Waals surface area contributed by atoms with E-state index in [0.29, 0.717) is 36.9 Å². The van der Waals surface area contributed by atoms with Crippen LogP contribution in [0.5, 0.6) is 0 Å². The summed E-state index contributed by atoms with van der Waals surface area (Å²) in [7, 11) is 0. The van der Waals surface area contributed by atoms with Crippen LogP contribution in [-0.2, 0) is 11.3 Å². The van der Waals surface area contributed by atoms with Crippen molar-refractivity contribution in [2.24, 2.45) is 0 Å². The highest BCUT2D eigenvalue weighted by Gasteiger charge is 2.26. The van der Waals surface area contributed by atoms with E-state index in [-0.39, 0.29) is 17.6 Å². The fraction of sp³-hybridized carbons (Fsp3) is 0.318. The molecule has 1 atom stereocenters. The molecule has 1 aliphatic rings. The molecule has 1 aliphatic heterocycles. The number of amides is 1. The molecule has 0 saturated carbocycles. The van der Waals surface area contributed by atoms with Crippen molar-refractivity contribution >= 4 is 5.91 Å². The first-order chi connectivity index (χ1) is 14.1. The Morgan fingerprint density at radius 1 is 1.07 bits per heavy atom. The highest BCUT2D eigenvalue weighted by molar-refractivity contribution is 5.83. The molecular formula is C22H23FN4O2. The Kier molecular flexibility index (Phi) is 5.67. The van der Waals surface area contributed by atoms with E-state index in [1.165, 1.54) is 12.1 Å². The second-order valence-electron chi connectivity index (χ2n) is 7.26. The maximum atomic E-state index is 13.1. The van der Waals surface area contributed by atoms with Gasteiger partial charge in [-0.05, 0) is 36.8 Å². The molecule has 1 fully saturated rings. The molecule has 2 heterocycles. The number of aromatic nitrogens is 2. The Balaban J connectivity index is 1.31. The Morgan fingerprint density at radius 3 is 2.45 bits per heavy atom.